The number of nitriles is 1. The zero-order chi connectivity index (χ0) is 35.1. The molecule has 0 saturated carbocycles. The lowest BCUT2D eigenvalue weighted by Crippen LogP contribution is -2.11. The Balaban J connectivity index is 1.64. The molecule has 0 spiro atoms. The molecule has 0 atom stereocenters. The molecule has 0 aliphatic carbocycles. The van der Waals surface area contributed by atoms with Crippen molar-refractivity contribution in [2.75, 3.05) is 0 Å². The zero-order valence-corrected chi connectivity index (χ0v) is 27.7. The van der Waals surface area contributed by atoms with Crippen LogP contribution in [0.2, 0.25) is 0 Å². The Kier molecular flexibility index (Phi) is 6.89. The van der Waals surface area contributed by atoms with E-state index < -0.39 is 11.7 Å². The Morgan fingerprint density at radius 3 is 1.32 bits per heavy atom. The molecule has 0 unspecified atom stereocenters. The van der Waals surface area contributed by atoms with Crippen LogP contribution in [0, 0.1) is 45.6 Å². The van der Waals surface area contributed by atoms with E-state index in [4.69, 9.17) is 6.57 Å². The predicted molar refractivity (Wildman–Crippen MR) is 195 cm³/mol. The number of fused-ring (bicyclic) bond motifs is 6. The van der Waals surface area contributed by atoms with Crippen LogP contribution in [0.4, 0.5) is 18.9 Å². The Labute approximate surface area is 286 Å². The van der Waals surface area contributed by atoms with Crippen LogP contribution in [0.1, 0.15) is 33.4 Å². The zero-order valence-electron chi connectivity index (χ0n) is 27.7. The Morgan fingerprint density at radius 1 is 0.580 bits per heavy atom. The van der Waals surface area contributed by atoms with E-state index in [9.17, 15) is 5.26 Å². The van der Waals surface area contributed by atoms with E-state index >= 15 is 13.2 Å². The Hall–Kier alpha value is -6.31. The van der Waals surface area contributed by atoms with Crippen molar-refractivity contribution in [3.63, 3.8) is 0 Å². The van der Waals surface area contributed by atoms with Crippen LogP contribution in [0.3, 0.4) is 0 Å². The molecule has 242 valence electrons. The maximum Gasteiger partial charge on any atom is 0.415 e. The third-order valence-electron chi connectivity index (χ3n) is 9.57. The number of aromatic nitrogens is 2. The van der Waals surface area contributed by atoms with E-state index in [0.717, 1.165) is 71.9 Å². The smallest absolute Gasteiger partial charge is 0.308 e. The van der Waals surface area contributed by atoms with E-state index in [1.54, 1.807) is 12.1 Å². The molecular weight excluding hydrogens is 629 g/mol. The lowest BCUT2D eigenvalue weighted by Gasteiger charge is -2.23. The second-order valence-electron chi connectivity index (χ2n) is 13.1. The van der Waals surface area contributed by atoms with Crippen molar-refractivity contribution < 1.29 is 13.2 Å². The fourth-order valence-electron chi connectivity index (χ4n) is 7.38. The summed E-state index contributed by atoms with van der Waals surface area (Å²) in [5.74, 6) is 0. The molecule has 0 bridgehead atoms. The topological polar surface area (TPSA) is 38.0 Å². The first kappa shape index (κ1) is 31.0. The number of hydrogen-bond donors (Lipinski definition) is 0. The van der Waals surface area contributed by atoms with E-state index in [0.29, 0.717) is 22.5 Å². The van der Waals surface area contributed by atoms with Gasteiger partial charge in [0, 0.05) is 27.1 Å². The first-order valence-corrected chi connectivity index (χ1v) is 16.2. The minimum Gasteiger partial charge on any atom is -0.308 e. The highest BCUT2D eigenvalue weighted by atomic mass is 19.4. The summed E-state index contributed by atoms with van der Waals surface area (Å²) in [4.78, 5) is 3.34. The molecule has 50 heavy (non-hydrogen) atoms. The van der Waals surface area contributed by atoms with Crippen LogP contribution in [0.15, 0.2) is 103 Å². The van der Waals surface area contributed by atoms with Crippen molar-refractivity contribution in [2.45, 2.75) is 33.9 Å². The second-order valence-corrected chi connectivity index (χ2v) is 13.1. The van der Waals surface area contributed by atoms with Gasteiger partial charge in [-0.25, -0.2) is 4.85 Å². The van der Waals surface area contributed by atoms with Crippen molar-refractivity contribution in [1.82, 2.24) is 9.13 Å². The van der Waals surface area contributed by atoms with E-state index in [1.165, 1.54) is 12.1 Å². The van der Waals surface area contributed by atoms with E-state index in [2.05, 4.69) is 35.2 Å². The van der Waals surface area contributed by atoms with Crippen LogP contribution in [0.5, 0.6) is 0 Å². The summed E-state index contributed by atoms with van der Waals surface area (Å²) in [7, 11) is 0. The molecule has 0 aliphatic heterocycles. The number of aryl methyl sites for hydroxylation is 4. The lowest BCUT2D eigenvalue weighted by atomic mass is 9.93. The fraction of sp³-hybridized carbons (Fsp3) is 0.116. The highest BCUT2D eigenvalue weighted by Crippen LogP contribution is 2.47. The van der Waals surface area contributed by atoms with Gasteiger partial charge in [0.05, 0.1) is 57.2 Å². The molecule has 2 aromatic heterocycles. The van der Waals surface area contributed by atoms with Gasteiger partial charge < -0.3 is 9.13 Å². The van der Waals surface area contributed by atoms with E-state index in [-0.39, 0.29) is 11.3 Å². The normalized spacial score (nSPS) is 11.9. The molecule has 0 aliphatic rings. The highest BCUT2D eigenvalue weighted by Gasteiger charge is 2.36. The summed E-state index contributed by atoms with van der Waals surface area (Å²) in [5.41, 5.74) is 7.77. The van der Waals surface area contributed by atoms with Gasteiger partial charge >= 0.3 is 6.18 Å². The SMILES string of the molecule is [C-]#[N+]c1ccc(-c2c(-n3c4ccc(C)cc4c4cc(C)ccc43)cc(C#N)cc2-n2c3ccc(C)cc3c3cc(C)ccc32)c(C(F)(F)F)c1. The lowest BCUT2D eigenvalue weighted by molar-refractivity contribution is -0.137. The molecule has 0 saturated heterocycles. The number of alkyl halides is 3. The van der Waals surface area contributed by atoms with Gasteiger partial charge in [-0.05, 0) is 100.0 Å². The molecule has 8 aromatic rings. The molecule has 6 aromatic carbocycles. The Morgan fingerprint density at radius 2 is 0.980 bits per heavy atom. The van der Waals surface area contributed by atoms with E-state index in [1.807, 2.05) is 85.4 Å². The van der Waals surface area contributed by atoms with Crippen molar-refractivity contribution in [3.8, 4) is 28.6 Å². The summed E-state index contributed by atoms with van der Waals surface area (Å²) in [6, 6.07) is 33.7. The quantitative estimate of drug-likeness (QED) is 0.174. The fourth-order valence-corrected chi connectivity index (χ4v) is 7.38. The predicted octanol–water partition coefficient (Wildman–Crippen LogP) is 12.2. The molecular formula is C43H29F3N4. The van der Waals surface area contributed by atoms with Gasteiger partial charge in [0.25, 0.3) is 0 Å². The second kappa shape index (κ2) is 11.1. The summed E-state index contributed by atoms with van der Waals surface area (Å²) in [5, 5.41) is 14.3. The monoisotopic (exact) mass is 658 g/mol. The largest absolute Gasteiger partial charge is 0.415 e. The maximum absolute atomic E-state index is 15.2. The van der Waals surface area contributed by atoms with Crippen LogP contribution in [-0.2, 0) is 6.18 Å². The van der Waals surface area contributed by atoms with Crippen molar-refractivity contribution in [3.05, 3.63) is 148 Å². The average Bonchev–Trinajstić information content (AvgIpc) is 3.57. The number of hydrogen-bond acceptors (Lipinski definition) is 1. The van der Waals surface area contributed by atoms with Gasteiger partial charge in [-0.1, -0.05) is 58.7 Å². The molecule has 0 fully saturated rings. The standard InChI is InChI=1S/C43H29F3N4/c1-24-6-12-36-31(16-24)32-17-25(2)7-13-37(32)49(36)40-20-28(23-47)21-41(42(40)30-11-10-29(48-5)22-35(30)43(44,45)46)50-38-14-8-26(3)18-33(38)34-19-27(4)9-15-39(34)50/h6-22H,1-4H3. The van der Waals surface area contributed by atoms with Gasteiger partial charge in [-0.2, -0.15) is 18.4 Å². The summed E-state index contributed by atoms with van der Waals surface area (Å²) in [6.07, 6.45) is -4.78. The number of halogens is 3. The molecule has 8 rings (SSSR count). The van der Waals surface area contributed by atoms with Crippen LogP contribution in [-0.4, -0.2) is 9.13 Å². The van der Waals surface area contributed by atoms with Crippen molar-refractivity contribution >= 4 is 49.3 Å². The third-order valence-corrected chi connectivity index (χ3v) is 9.57. The van der Waals surface area contributed by atoms with Crippen LogP contribution < -0.4 is 0 Å². The first-order chi connectivity index (χ1) is 24.0. The molecule has 0 N–H and O–H groups in total. The minimum absolute atomic E-state index is 0.0807. The van der Waals surface area contributed by atoms with Gasteiger partial charge in [0.1, 0.15) is 0 Å². The molecule has 0 amide bonds. The van der Waals surface area contributed by atoms with Crippen LogP contribution in [0.25, 0.3) is 71.0 Å². The number of rotatable bonds is 3. The average molecular weight is 659 g/mol. The summed E-state index contributed by atoms with van der Waals surface area (Å²) < 4.78 is 49.5. The van der Waals surface area contributed by atoms with Crippen LogP contribution >= 0.6 is 0 Å². The number of benzene rings is 6. The third kappa shape index (κ3) is 4.74. The first-order valence-electron chi connectivity index (χ1n) is 16.2. The molecule has 2 heterocycles. The maximum atomic E-state index is 15.2. The molecule has 4 nitrogen and oxygen atoms in total. The van der Waals surface area contributed by atoms with Crippen molar-refractivity contribution in [1.29, 1.82) is 5.26 Å². The van der Waals surface area contributed by atoms with Crippen molar-refractivity contribution in [2.24, 2.45) is 0 Å². The minimum atomic E-state index is -4.78. The van der Waals surface area contributed by atoms with Gasteiger partial charge in [0.15, 0.2) is 5.69 Å². The summed E-state index contributed by atoms with van der Waals surface area (Å²) in [6.45, 7) is 15.6. The van der Waals surface area contributed by atoms with Gasteiger partial charge in [-0.15, -0.1) is 0 Å². The molecule has 7 heteroatoms. The van der Waals surface area contributed by atoms with Gasteiger partial charge in [0.2, 0.25) is 0 Å². The molecule has 0 radical (unpaired) electrons. The Bertz CT molecular complexity index is 2550. The summed E-state index contributed by atoms with van der Waals surface area (Å²) >= 11 is 0. The van der Waals surface area contributed by atoms with Gasteiger partial charge in [-0.3, -0.25) is 0 Å². The number of nitrogens with zero attached hydrogens (tertiary/aromatic N) is 4. The highest BCUT2D eigenvalue weighted by molar-refractivity contribution is 6.12.